The van der Waals surface area contributed by atoms with E-state index in [-0.39, 0.29) is 52.0 Å². The molecule has 1 aromatic carbocycles. The van der Waals surface area contributed by atoms with E-state index in [1.165, 1.54) is 36.3 Å². The maximum absolute atomic E-state index is 13.9. The lowest BCUT2D eigenvalue weighted by Gasteiger charge is -2.60. The van der Waals surface area contributed by atoms with Gasteiger partial charge in [-0.2, -0.15) is 0 Å². The Morgan fingerprint density at radius 1 is 1.23 bits per heavy atom. The minimum Gasteiger partial charge on any atom is -0.472 e. The number of rotatable bonds is 6. The van der Waals surface area contributed by atoms with E-state index >= 15 is 0 Å². The molecule has 6 rings (SSSR count). The number of carbonyl (C=O) groups excluding carboxylic acids is 2. The number of benzene rings is 1. The highest BCUT2D eigenvalue weighted by Gasteiger charge is 2.70. The molecule has 4 N–H and O–H groups in total. The number of hydrogen-bond donors (Lipinski definition) is 3. The SMILES string of the molecule is C[C@]12CC(=CN)C(=Nc3ccc(F)cc3)C=C1CC[C@@H]1C2C(O)C[C@@]2(C)C1CC[C@]2(OC(=O)c1ccoc1)C(=O)SCCO. The first-order chi connectivity index (χ1) is 21.1. The van der Waals surface area contributed by atoms with Gasteiger partial charge < -0.3 is 25.1 Å². The van der Waals surface area contributed by atoms with Crippen molar-refractivity contribution in [3.05, 3.63) is 77.7 Å². The lowest BCUT2D eigenvalue weighted by molar-refractivity contribution is -0.174. The van der Waals surface area contributed by atoms with Crippen LogP contribution in [0.2, 0.25) is 0 Å². The molecule has 1 aromatic heterocycles. The van der Waals surface area contributed by atoms with Crippen molar-refractivity contribution in [1.82, 2.24) is 0 Å². The second-order valence-electron chi connectivity index (χ2n) is 13.1. The van der Waals surface area contributed by atoms with Crippen molar-refractivity contribution in [3.63, 3.8) is 0 Å². The molecule has 2 aromatic rings. The van der Waals surface area contributed by atoms with E-state index in [1.54, 1.807) is 18.3 Å². The van der Waals surface area contributed by atoms with Gasteiger partial charge in [0.15, 0.2) is 5.60 Å². The molecule has 4 aliphatic carbocycles. The lowest BCUT2D eigenvalue weighted by atomic mass is 9.45. The number of aliphatic imine (C=N–C) groups is 1. The smallest absolute Gasteiger partial charge is 0.342 e. The summed E-state index contributed by atoms with van der Waals surface area (Å²) in [7, 11) is 0. The monoisotopic (exact) mass is 622 g/mol. The molecule has 0 amide bonds. The van der Waals surface area contributed by atoms with Crippen molar-refractivity contribution in [2.24, 2.45) is 39.3 Å². The summed E-state index contributed by atoms with van der Waals surface area (Å²) in [5.41, 5.74) is 7.20. The molecule has 0 bridgehead atoms. The number of ether oxygens (including phenoxy) is 1. The predicted octanol–water partition coefficient (Wildman–Crippen LogP) is 5.73. The van der Waals surface area contributed by atoms with Gasteiger partial charge in [-0.25, -0.2) is 14.2 Å². The zero-order chi connectivity index (χ0) is 31.3. The van der Waals surface area contributed by atoms with Crippen molar-refractivity contribution in [3.8, 4) is 0 Å². The molecule has 0 aliphatic heterocycles. The number of nitrogens with zero attached hydrogens (tertiary/aromatic N) is 1. The van der Waals surface area contributed by atoms with Crippen LogP contribution in [0.1, 0.15) is 62.7 Å². The first-order valence-corrected chi connectivity index (χ1v) is 16.2. The van der Waals surface area contributed by atoms with Crippen LogP contribution in [-0.2, 0) is 9.53 Å². The number of aliphatic hydroxyl groups is 2. The fraction of sp³-hybridized carbons (Fsp3) is 0.500. The number of allylic oxidation sites excluding steroid dienone is 3. The standard InChI is InChI=1S/C34H39FN2O6S/c1-32-16-21(18-36)27(37-24-6-4-23(35)5-7-24)15-22(32)3-8-25-26-9-11-34(31(41)44-14-12-38,33(26,2)17-28(39)29(25)32)43-30(40)20-10-13-42-19-20/h4-7,10,13,15,18-19,25-26,28-29,38-39H,3,8-9,11-12,14,16-17,36H2,1-2H3/t25-,26?,28?,29?,32-,33-,34-/m0/s1. The van der Waals surface area contributed by atoms with Crippen molar-refractivity contribution in [2.45, 2.75) is 64.1 Å². The number of fused-ring (bicyclic) bond motifs is 5. The van der Waals surface area contributed by atoms with Crippen LogP contribution in [0.25, 0.3) is 0 Å². The van der Waals surface area contributed by atoms with Crippen molar-refractivity contribution in [2.75, 3.05) is 12.4 Å². The van der Waals surface area contributed by atoms with Crippen LogP contribution in [0.3, 0.4) is 0 Å². The molecule has 10 heteroatoms. The molecule has 44 heavy (non-hydrogen) atoms. The topological polar surface area (TPSA) is 135 Å². The Balaban J connectivity index is 1.35. The molecule has 0 saturated heterocycles. The van der Waals surface area contributed by atoms with E-state index in [0.29, 0.717) is 31.4 Å². The predicted molar refractivity (Wildman–Crippen MR) is 166 cm³/mol. The largest absolute Gasteiger partial charge is 0.472 e. The zero-order valence-electron chi connectivity index (χ0n) is 25.0. The van der Waals surface area contributed by atoms with E-state index in [0.717, 1.165) is 35.9 Å². The first-order valence-electron chi connectivity index (χ1n) is 15.2. The number of nitrogens with two attached hydrogens (primary N) is 1. The van der Waals surface area contributed by atoms with Crippen molar-refractivity contribution in [1.29, 1.82) is 0 Å². The van der Waals surface area contributed by atoms with E-state index in [2.05, 4.69) is 13.0 Å². The molecule has 4 aliphatic rings. The van der Waals surface area contributed by atoms with Gasteiger partial charge in [-0.3, -0.25) is 4.79 Å². The Hall–Kier alpha value is -3.21. The van der Waals surface area contributed by atoms with Crippen LogP contribution in [0.15, 0.2) is 75.7 Å². The Kier molecular flexibility index (Phi) is 8.13. The normalized spacial score (nSPS) is 36.3. The summed E-state index contributed by atoms with van der Waals surface area (Å²) in [6.45, 7) is 4.02. The number of furan rings is 1. The van der Waals surface area contributed by atoms with Gasteiger partial charge in [-0.05, 0) is 110 Å². The maximum atomic E-state index is 13.9. The molecular formula is C34H39FN2O6S. The Labute approximate surface area is 260 Å². The highest BCUT2D eigenvalue weighted by Crippen LogP contribution is 2.69. The Bertz CT molecular complexity index is 1520. The summed E-state index contributed by atoms with van der Waals surface area (Å²) in [5, 5.41) is 21.3. The van der Waals surface area contributed by atoms with Gasteiger partial charge in [0, 0.05) is 11.2 Å². The third-order valence-electron chi connectivity index (χ3n) is 10.9. The fourth-order valence-corrected chi connectivity index (χ4v) is 9.86. The van der Waals surface area contributed by atoms with Gasteiger partial charge in [-0.1, -0.05) is 31.2 Å². The van der Waals surface area contributed by atoms with Gasteiger partial charge in [0.2, 0.25) is 5.12 Å². The van der Waals surface area contributed by atoms with Crippen LogP contribution in [-0.4, -0.2) is 51.1 Å². The number of halogens is 1. The van der Waals surface area contributed by atoms with Gasteiger partial charge in [0.05, 0.1) is 35.9 Å². The molecule has 7 atom stereocenters. The molecule has 0 spiro atoms. The third kappa shape index (κ3) is 4.86. The highest BCUT2D eigenvalue weighted by atomic mass is 32.2. The summed E-state index contributed by atoms with van der Waals surface area (Å²) in [6, 6.07) is 7.55. The zero-order valence-corrected chi connectivity index (χ0v) is 25.8. The van der Waals surface area contributed by atoms with E-state index in [1.807, 2.05) is 6.92 Å². The third-order valence-corrected chi connectivity index (χ3v) is 11.9. The van der Waals surface area contributed by atoms with Crippen molar-refractivity contribution >= 4 is 34.2 Å². The van der Waals surface area contributed by atoms with Gasteiger partial charge in [0.1, 0.15) is 12.1 Å². The quantitative estimate of drug-likeness (QED) is 0.348. The Morgan fingerprint density at radius 2 is 2.00 bits per heavy atom. The molecule has 8 nitrogen and oxygen atoms in total. The number of esters is 1. The molecular weight excluding hydrogens is 583 g/mol. The van der Waals surface area contributed by atoms with Gasteiger partial charge in [-0.15, -0.1) is 0 Å². The molecule has 1 heterocycles. The molecule has 3 fully saturated rings. The number of aliphatic hydroxyl groups excluding tert-OH is 2. The minimum atomic E-state index is -1.45. The van der Waals surface area contributed by atoms with Crippen LogP contribution in [0.4, 0.5) is 10.1 Å². The molecule has 234 valence electrons. The van der Waals surface area contributed by atoms with E-state index in [9.17, 15) is 24.2 Å². The van der Waals surface area contributed by atoms with Crippen LogP contribution >= 0.6 is 11.8 Å². The molecule has 3 unspecified atom stereocenters. The van der Waals surface area contributed by atoms with Crippen molar-refractivity contribution < 1.29 is 33.3 Å². The van der Waals surface area contributed by atoms with Gasteiger partial charge >= 0.3 is 5.97 Å². The summed E-state index contributed by atoms with van der Waals surface area (Å²) < 4.78 is 24.8. The second-order valence-corrected chi connectivity index (χ2v) is 14.1. The van der Waals surface area contributed by atoms with E-state index in [4.69, 9.17) is 19.9 Å². The van der Waals surface area contributed by atoms with Crippen LogP contribution in [0.5, 0.6) is 0 Å². The number of carbonyl (C=O) groups is 2. The summed E-state index contributed by atoms with van der Waals surface area (Å²) >= 11 is 0.983. The fourth-order valence-electron chi connectivity index (χ4n) is 8.97. The molecule has 0 radical (unpaired) electrons. The van der Waals surface area contributed by atoms with Crippen LogP contribution in [0, 0.1) is 34.4 Å². The minimum absolute atomic E-state index is 0.0321. The van der Waals surface area contributed by atoms with Crippen LogP contribution < -0.4 is 5.73 Å². The maximum Gasteiger partial charge on any atom is 0.342 e. The highest BCUT2D eigenvalue weighted by molar-refractivity contribution is 8.13. The lowest BCUT2D eigenvalue weighted by Crippen LogP contribution is -2.62. The number of thioether (sulfide) groups is 1. The summed E-state index contributed by atoms with van der Waals surface area (Å²) in [5.74, 6) is -0.732. The summed E-state index contributed by atoms with van der Waals surface area (Å²) in [4.78, 5) is 32.0. The average molecular weight is 623 g/mol. The summed E-state index contributed by atoms with van der Waals surface area (Å²) in [6.07, 6.45) is 9.14. The number of hydrogen-bond acceptors (Lipinski definition) is 9. The average Bonchev–Trinajstić information content (AvgIpc) is 3.64. The molecule has 3 saturated carbocycles. The second kappa shape index (κ2) is 11.6. The Morgan fingerprint density at radius 3 is 2.68 bits per heavy atom. The van der Waals surface area contributed by atoms with E-state index < -0.39 is 23.1 Å². The first kappa shape index (κ1) is 30.8. The van der Waals surface area contributed by atoms with Gasteiger partial charge in [0.25, 0.3) is 0 Å².